The van der Waals surface area contributed by atoms with E-state index in [-0.39, 0.29) is 11.8 Å². The lowest BCUT2D eigenvalue weighted by Gasteiger charge is -2.08. The summed E-state index contributed by atoms with van der Waals surface area (Å²) in [7, 11) is 0. The summed E-state index contributed by atoms with van der Waals surface area (Å²) in [6, 6.07) is 14.7. The number of hydrogen-bond donors (Lipinski definition) is 2. The quantitative estimate of drug-likeness (QED) is 0.910. The number of carbonyl (C=O) groups excluding carboxylic acids is 2. The number of hydrogen-bond acceptors (Lipinski definition) is 2. The van der Waals surface area contributed by atoms with Crippen LogP contribution in [0.2, 0.25) is 0 Å². The summed E-state index contributed by atoms with van der Waals surface area (Å²) >= 11 is 0. The molecule has 2 amide bonds. The first-order valence-corrected chi connectivity index (χ1v) is 7.41. The maximum Gasteiger partial charge on any atom is 0.255 e. The number of aryl methyl sites for hydroxylation is 1. The first kappa shape index (κ1) is 14.3. The van der Waals surface area contributed by atoms with Gasteiger partial charge in [-0.3, -0.25) is 9.59 Å². The topological polar surface area (TPSA) is 58.2 Å². The average Bonchev–Trinajstić information content (AvgIpc) is 3.33. The van der Waals surface area contributed by atoms with Crippen LogP contribution in [0.15, 0.2) is 48.5 Å². The third kappa shape index (κ3) is 3.34. The zero-order valence-corrected chi connectivity index (χ0v) is 12.4. The Kier molecular flexibility index (Phi) is 3.92. The van der Waals surface area contributed by atoms with Crippen LogP contribution in [0.4, 0.5) is 5.69 Å². The highest BCUT2D eigenvalue weighted by atomic mass is 16.2. The Labute approximate surface area is 129 Å². The molecule has 1 fully saturated rings. The molecule has 0 bridgehead atoms. The van der Waals surface area contributed by atoms with Crippen LogP contribution >= 0.6 is 0 Å². The predicted molar refractivity (Wildman–Crippen MR) is 86.1 cm³/mol. The molecule has 0 saturated heterocycles. The molecule has 1 saturated carbocycles. The SMILES string of the molecule is Cc1ccccc1NC(=O)c1ccc(C(=O)NC2CC2)cc1. The van der Waals surface area contributed by atoms with Crippen LogP contribution < -0.4 is 10.6 Å². The maximum absolute atomic E-state index is 12.2. The fraction of sp³-hybridized carbons (Fsp3) is 0.222. The van der Waals surface area contributed by atoms with E-state index in [2.05, 4.69) is 10.6 Å². The second kappa shape index (κ2) is 6.02. The summed E-state index contributed by atoms with van der Waals surface area (Å²) in [6.07, 6.45) is 2.12. The van der Waals surface area contributed by atoms with Crippen molar-refractivity contribution in [1.29, 1.82) is 0 Å². The molecular weight excluding hydrogens is 276 g/mol. The predicted octanol–water partition coefficient (Wildman–Crippen LogP) is 3.14. The van der Waals surface area contributed by atoms with E-state index < -0.39 is 0 Å². The van der Waals surface area contributed by atoms with Crippen LogP contribution in [0.3, 0.4) is 0 Å². The molecule has 4 nitrogen and oxygen atoms in total. The van der Waals surface area contributed by atoms with Crippen molar-refractivity contribution in [3.05, 3.63) is 65.2 Å². The highest BCUT2D eigenvalue weighted by Gasteiger charge is 2.23. The molecule has 2 aromatic carbocycles. The smallest absolute Gasteiger partial charge is 0.255 e. The Bertz CT molecular complexity index is 703. The minimum absolute atomic E-state index is 0.0756. The highest BCUT2D eigenvalue weighted by Crippen LogP contribution is 2.19. The van der Waals surface area contributed by atoms with Gasteiger partial charge in [0.1, 0.15) is 0 Å². The van der Waals surface area contributed by atoms with Crippen LogP contribution in [0.5, 0.6) is 0 Å². The fourth-order valence-electron chi connectivity index (χ4n) is 2.18. The van der Waals surface area contributed by atoms with E-state index in [1.807, 2.05) is 31.2 Å². The van der Waals surface area contributed by atoms with Crippen molar-refractivity contribution in [1.82, 2.24) is 5.32 Å². The third-order valence-corrected chi connectivity index (χ3v) is 3.72. The molecule has 1 aliphatic rings. The van der Waals surface area contributed by atoms with Gasteiger partial charge < -0.3 is 10.6 Å². The average molecular weight is 294 g/mol. The van der Waals surface area contributed by atoms with Crippen molar-refractivity contribution in [3.63, 3.8) is 0 Å². The van der Waals surface area contributed by atoms with E-state index in [0.717, 1.165) is 24.1 Å². The van der Waals surface area contributed by atoms with Crippen molar-refractivity contribution in [3.8, 4) is 0 Å². The van der Waals surface area contributed by atoms with Gasteiger partial charge in [0.15, 0.2) is 0 Å². The first-order valence-electron chi connectivity index (χ1n) is 7.41. The van der Waals surface area contributed by atoms with E-state index in [4.69, 9.17) is 0 Å². The van der Waals surface area contributed by atoms with E-state index in [1.165, 1.54) is 0 Å². The van der Waals surface area contributed by atoms with E-state index >= 15 is 0 Å². The highest BCUT2D eigenvalue weighted by molar-refractivity contribution is 6.05. The number of carbonyl (C=O) groups is 2. The van der Waals surface area contributed by atoms with Gasteiger partial charge in [0.2, 0.25) is 0 Å². The zero-order chi connectivity index (χ0) is 15.5. The summed E-state index contributed by atoms with van der Waals surface area (Å²) in [5, 5.41) is 5.80. The standard InChI is InChI=1S/C18H18N2O2/c1-12-4-2-3-5-16(12)20-18(22)14-8-6-13(7-9-14)17(21)19-15-10-11-15/h2-9,15H,10-11H2,1H3,(H,19,21)(H,20,22). The zero-order valence-electron chi connectivity index (χ0n) is 12.4. The minimum Gasteiger partial charge on any atom is -0.349 e. The van der Waals surface area contributed by atoms with Gasteiger partial charge in [-0.25, -0.2) is 0 Å². The second-order valence-corrected chi connectivity index (χ2v) is 5.59. The van der Waals surface area contributed by atoms with Gasteiger partial charge in [0, 0.05) is 22.9 Å². The number of nitrogens with one attached hydrogen (secondary N) is 2. The van der Waals surface area contributed by atoms with Crippen LogP contribution in [0.25, 0.3) is 0 Å². The molecule has 0 aliphatic heterocycles. The van der Waals surface area contributed by atoms with Gasteiger partial charge in [-0.1, -0.05) is 18.2 Å². The lowest BCUT2D eigenvalue weighted by Crippen LogP contribution is -2.25. The lowest BCUT2D eigenvalue weighted by atomic mass is 10.1. The maximum atomic E-state index is 12.2. The summed E-state index contributed by atoms with van der Waals surface area (Å²) in [5.41, 5.74) is 2.92. The number of benzene rings is 2. The first-order chi connectivity index (χ1) is 10.6. The van der Waals surface area contributed by atoms with Crippen molar-refractivity contribution in [2.45, 2.75) is 25.8 Å². The summed E-state index contributed by atoms with van der Waals surface area (Å²) in [5.74, 6) is -0.253. The van der Waals surface area contributed by atoms with Crippen molar-refractivity contribution >= 4 is 17.5 Å². The van der Waals surface area contributed by atoms with Gasteiger partial charge in [-0.2, -0.15) is 0 Å². The summed E-state index contributed by atoms with van der Waals surface area (Å²) in [4.78, 5) is 24.1. The van der Waals surface area contributed by atoms with Gasteiger partial charge in [0.25, 0.3) is 11.8 Å². The van der Waals surface area contributed by atoms with E-state index in [9.17, 15) is 9.59 Å². The lowest BCUT2D eigenvalue weighted by molar-refractivity contribution is 0.0949. The summed E-state index contributed by atoms with van der Waals surface area (Å²) < 4.78 is 0. The molecule has 0 unspecified atom stereocenters. The molecule has 0 aromatic heterocycles. The molecule has 2 aromatic rings. The monoisotopic (exact) mass is 294 g/mol. The number of amides is 2. The molecule has 0 heterocycles. The van der Waals surface area contributed by atoms with Crippen LogP contribution in [-0.2, 0) is 0 Å². The molecule has 0 atom stereocenters. The largest absolute Gasteiger partial charge is 0.349 e. The number of rotatable bonds is 4. The minimum atomic E-state index is -0.177. The van der Waals surface area contributed by atoms with Gasteiger partial charge >= 0.3 is 0 Å². The third-order valence-electron chi connectivity index (χ3n) is 3.72. The molecule has 112 valence electrons. The van der Waals surface area contributed by atoms with Gasteiger partial charge in [0.05, 0.1) is 0 Å². The Morgan fingerprint density at radius 3 is 2.09 bits per heavy atom. The second-order valence-electron chi connectivity index (χ2n) is 5.59. The Balaban J connectivity index is 1.68. The van der Waals surface area contributed by atoms with Crippen LogP contribution in [0.1, 0.15) is 39.1 Å². The molecule has 0 radical (unpaired) electrons. The van der Waals surface area contributed by atoms with Crippen molar-refractivity contribution < 1.29 is 9.59 Å². The molecule has 0 spiro atoms. The summed E-state index contributed by atoms with van der Waals surface area (Å²) in [6.45, 7) is 1.95. The number of para-hydroxylation sites is 1. The van der Waals surface area contributed by atoms with E-state index in [1.54, 1.807) is 24.3 Å². The molecular formula is C18H18N2O2. The normalized spacial score (nSPS) is 13.5. The Morgan fingerprint density at radius 1 is 0.909 bits per heavy atom. The van der Waals surface area contributed by atoms with Crippen LogP contribution in [-0.4, -0.2) is 17.9 Å². The van der Waals surface area contributed by atoms with Crippen LogP contribution in [0, 0.1) is 6.92 Å². The van der Waals surface area contributed by atoms with Crippen molar-refractivity contribution in [2.24, 2.45) is 0 Å². The Hall–Kier alpha value is -2.62. The molecule has 2 N–H and O–H groups in total. The molecule has 1 aliphatic carbocycles. The fourth-order valence-corrected chi connectivity index (χ4v) is 2.18. The van der Waals surface area contributed by atoms with Crippen molar-refractivity contribution in [2.75, 3.05) is 5.32 Å². The van der Waals surface area contributed by atoms with Gasteiger partial charge in [-0.15, -0.1) is 0 Å². The molecule has 4 heteroatoms. The number of anilines is 1. The molecule has 3 rings (SSSR count). The Morgan fingerprint density at radius 2 is 1.50 bits per heavy atom. The molecule has 22 heavy (non-hydrogen) atoms. The van der Waals surface area contributed by atoms with E-state index in [0.29, 0.717) is 17.2 Å². The van der Waals surface area contributed by atoms with Gasteiger partial charge in [-0.05, 0) is 55.7 Å².